The van der Waals surface area contributed by atoms with Crippen LogP contribution in [0.3, 0.4) is 0 Å². The number of hydrogen-bond acceptors (Lipinski definition) is 7. The minimum atomic E-state index is -0.935. The number of rotatable bonds is 11. The molecular weight excluding hydrogens is 385 g/mol. The molecular formula is C17H28N5O5P. The zero-order valence-corrected chi connectivity index (χ0v) is 17.8. The quantitative estimate of drug-likeness (QED) is 0.541. The van der Waals surface area contributed by atoms with Crippen LogP contribution in [0, 0.1) is 5.92 Å². The van der Waals surface area contributed by atoms with Crippen molar-refractivity contribution in [1.29, 1.82) is 0 Å². The molecule has 0 aliphatic heterocycles. The smallest absolute Gasteiger partial charge is 0.280 e. The number of hydrogen-bond donors (Lipinski definition) is 2. The number of nitrogens with zero attached hydrogens (tertiary/aromatic N) is 3. The van der Waals surface area contributed by atoms with Crippen molar-refractivity contribution in [2.45, 2.75) is 39.8 Å². The average Bonchev–Trinajstić information content (AvgIpc) is 3.07. The number of carbonyl (C=O) groups excluding carboxylic acids is 1. The lowest BCUT2D eigenvalue weighted by Gasteiger charge is -2.18. The van der Waals surface area contributed by atoms with Crippen molar-refractivity contribution >= 4 is 31.4 Å². The molecule has 2 heterocycles. The number of aromatic nitrogens is 4. The van der Waals surface area contributed by atoms with Crippen LogP contribution in [0.2, 0.25) is 0 Å². The van der Waals surface area contributed by atoms with Gasteiger partial charge in [-0.2, -0.15) is 4.98 Å². The van der Waals surface area contributed by atoms with Crippen molar-refractivity contribution in [3.8, 4) is 0 Å². The van der Waals surface area contributed by atoms with Gasteiger partial charge in [-0.3, -0.25) is 19.9 Å². The zero-order valence-electron chi connectivity index (χ0n) is 16.9. The number of ether oxygens (including phenoxy) is 1. The van der Waals surface area contributed by atoms with Gasteiger partial charge in [-0.1, -0.05) is 20.8 Å². The molecule has 1 amide bonds. The molecule has 28 heavy (non-hydrogen) atoms. The molecule has 2 rings (SSSR count). The minimum Gasteiger partial charge on any atom is -0.376 e. The topological polar surface area (TPSA) is 120 Å². The van der Waals surface area contributed by atoms with E-state index in [-0.39, 0.29) is 29.4 Å². The third-order valence-corrected chi connectivity index (χ3v) is 5.49. The summed E-state index contributed by atoms with van der Waals surface area (Å²) in [5.41, 5.74) is 0.225. The highest BCUT2D eigenvalue weighted by molar-refractivity contribution is 7.47. The lowest BCUT2D eigenvalue weighted by molar-refractivity contribution is -0.118. The molecule has 0 radical (unpaired) electrons. The van der Waals surface area contributed by atoms with Crippen molar-refractivity contribution in [2.75, 3.05) is 32.3 Å². The Morgan fingerprint density at radius 2 is 2.07 bits per heavy atom. The van der Waals surface area contributed by atoms with Crippen LogP contribution < -0.4 is 10.9 Å². The standard InChI is InChI=1S/C17H28N5O5P/c1-6-12(27-7-8-28(25-4)26-5)9-22-10-18-13-14(22)19-17(21-16(13)24)20-15(23)11(2)3/h10-12H,6-9H2,1-5H3,(H2,19,20,21,23,24)/t12-/m1/s1. The number of imidazole rings is 1. The van der Waals surface area contributed by atoms with E-state index >= 15 is 0 Å². The number of H-pyrrole nitrogens is 1. The number of anilines is 1. The van der Waals surface area contributed by atoms with E-state index in [9.17, 15) is 9.59 Å². The van der Waals surface area contributed by atoms with E-state index in [1.807, 2.05) is 6.92 Å². The molecule has 1 atom stereocenters. The summed E-state index contributed by atoms with van der Waals surface area (Å²) in [4.78, 5) is 35.2. The lowest BCUT2D eigenvalue weighted by Crippen LogP contribution is -2.23. The van der Waals surface area contributed by atoms with Gasteiger partial charge >= 0.3 is 0 Å². The first-order valence-electron chi connectivity index (χ1n) is 9.12. The maximum absolute atomic E-state index is 12.3. The molecule has 2 aromatic rings. The molecule has 2 aromatic heterocycles. The van der Waals surface area contributed by atoms with Gasteiger partial charge in [-0.05, 0) is 6.42 Å². The number of fused-ring (bicyclic) bond motifs is 1. The average molecular weight is 413 g/mol. The summed E-state index contributed by atoms with van der Waals surface area (Å²) >= 11 is 0. The van der Waals surface area contributed by atoms with Crippen molar-refractivity contribution < 1.29 is 18.6 Å². The maximum Gasteiger partial charge on any atom is 0.280 e. The van der Waals surface area contributed by atoms with Crippen LogP contribution in [-0.4, -0.2) is 58.5 Å². The second-order valence-electron chi connectivity index (χ2n) is 6.45. The fraction of sp³-hybridized carbons (Fsp3) is 0.647. The van der Waals surface area contributed by atoms with Gasteiger partial charge in [0.15, 0.2) is 19.5 Å². The summed E-state index contributed by atoms with van der Waals surface area (Å²) < 4.78 is 18.1. The van der Waals surface area contributed by atoms with Crippen LogP contribution in [0.25, 0.3) is 11.2 Å². The molecule has 0 aliphatic carbocycles. The highest BCUT2D eigenvalue weighted by Gasteiger charge is 2.16. The first-order chi connectivity index (χ1) is 13.4. The van der Waals surface area contributed by atoms with Gasteiger partial charge in [-0.25, -0.2) is 4.98 Å². The number of aromatic amines is 1. The van der Waals surface area contributed by atoms with Gasteiger partial charge in [0.2, 0.25) is 11.9 Å². The van der Waals surface area contributed by atoms with Gasteiger partial charge in [0.25, 0.3) is 5.56 Å². The molecule has 0 bridgehead atoms. The summed E-state index contributed by atoms with van der Waals surface area (Å²) in [5, 5.41) is 2.61. The Hall–Kier alpha value is -1.87. The summed E-state index contributed by atoms with van der Waals surface area (Å²) in [6, 6.07) is 0. The van der Waals surface area contributed by atoms with Gasteiger partial charge < -0.3 is 18.4 Å². The molecule has 0 saturated carbocycles. The Bertz CT molecular complexity index is 833. The Kier molecular flexibility index (Phi) is 8.50. The third kappa shape index (κ3) is 5.81. The Morgan fingerprint density at radius 1 is 1.36 bits per heavy atom. The highest BCUT2D eigenvalue weighted by Crippen LogP contribution is 2.35. The fourth-order valence-corrected chi connectivity index (χ4v) is 3.25. The number of nitrogens with one attached hydrogen (secondary N) is 2. The summed E-state index contributed by atoms with van der Waals surface area (Å²) in [6.07, 6.45) is 2.92. The Labute approximate surface area is 164 Å². The molecule has 0 unspecified atom stereocenters. The Morgan fingerprint density at radius 3 is 2.68 bits per heavy atom. The van der Waals surface area contributed by atoms with E-state index in [1.54, 1.807) is 39.0 Å². The summed E-state index contributed by atoms with van der Waals surface area (Å²) in [7, 11) is 2.29. The number of carbonyl (C=O) groups is 1. The molecule has 11 heteroatoms. The van der Waals surface area contributed by atoms with E-state index in [4.69, 9.17) is 13.8 Å². The molecule has 0 fully saturated rings. The maximum atomic E-state index is 12.3. The first kappa shape index (κ1) is 22.4. The molecule has 0 spiro atoms. The van der Waals surface area contributed by atoms with Gasteiger partial charge in [0, 0.05) is 26.3 Å². The Balaban J connectivity index is 2.13. The van der Waals surface area contributed by atoms with E-state index in [0.29, 0.717) is 25.0 Å². The van der Waals surface area contributed by atoms with Gasteiger partial charge in [0.05, 0.1) is 25.6 Å². The number of amides is 1. The minimum absolute atomic E-state index is 0.0854. The first-order valence-corrected chi connectivity index (χ1v) is 10.5. The predicted molar refractivity (Wildman–Crippen MR) is 107 cm³/mol. The van der Waals surface area contributed by atoms with E-state index < -0.39 is 13.9 Å². The predicted octanol–water partition coefficient (Wildman–Crippen LogP) is 2.11. The summed E-state index contributed by atoms with van der Waals surface area (Å²) in [5.74, 6) is -0.345. The van der Waals surface area contributed by atoms with E-state index in [1.165, 1.54) is 0 Å². The molecule has 10 nitrogen and oxygen atoms in total. The van der Waals surface area contributed by atoms with E-state index in [2.05, 4.69) is 20.3 Å². The van der Waals surface area contributed by atoms with Crippen LogP contribution in [0.5, 0.6) is 0 Å². The van der Waals surface area contributed by atoms with Crippen molar-refractivity contribution in [1.82, 2.24) is 19.5 Å². The van der Waals surface area contributed by atoms with Crippen LogP contribution in [0.15, 0.2) is 11.1 Å². The fourth-order valence-electron chi connectivity index (χ4n) is 2.48. The monoisotopic (exact) mass is 413 g/mol. The zero-order chi connectivity index (χ0) is 20.7. The second kappa shape index (κ2) is 10.6. The van der Waals surface area contributed by atoms with Gasteiger partial charge in [-0.15, -0.1) is 0 Å². The SMILES string of the molecule is CC[C@H](Cn1cnc2c(=O)[nH]c(NC(=O)C(C)C)nc21)OCCP(OC)OC. The molecule has 0 aliphatic rings. The third-order valence-electron chi connectivity index (χ3n) is 4.13. The van der Waals surface area contributed by atoms with Crippen LogP contribution in [0.4, 0.5) is 5.95 Å². The molecule has 0 saturated heterocycles. The van der Waals surface area contributed by atoms with Crippen LogP contribution in [0.1, 0.15) is 27.2 Å². The lowest BCUT2D eigenvalue weighted by atomic mass is 10.2. The van der Waals surface area contributed by atoms with Crippen molar-refractivity contribution in [3.63, 3.8) is 0 Å². The highest BCUT2D eigenvalue weighted by atomic mass is 31.2. The molecule has 156 valence electrons. The second-order valence-corrected chi connectivity index (χ2v) is 8.29. The largest absolute Gasteiger partial charge is 0.376 e. The van der Waals surface area contributed by atoms with E-state index in [0.717, 1.165) is 6.42 Å². The normalized spacial score (nSPS) is 12.8. The summed E-state index contributed by atoms with van der Waals surface area (Å²) in [6.45, 7) is 6.53. The van der Waals surface area contributed by atoms with Crippen LogP contribution in [-0.2, 0) is 25.1 Å². The van der Waals surface area contributed by atoms with Crippen LogP contribution >= 0.6 is 8.38 Å². The van der Waals surface area contributed by atoms with Crippen molar-refractivity contribution in [3.05, 3.63) is 16.7 Å². The molecule has 0 aromatic carbocycles. The van der Waals surface area contributed by atoms with Crippen molar-refractivity contribution in [2.24, 2.45) is 5.92 Å². The van der Waals surface area contributed by atoms with Gasteiger partial charge in [0.1, 0.15) is 0 Å². The molecule has 2 N–H and O–H groups in total.